The molecule has 0 bridgehead atoms. The van der Waals surface area contributed by atoms with Gasteiger partial charge in [0.15, 0.2) is 0 Å². The SMILES string of the molecule is O=C(O)C[C@H](NC(=O)OCC1c2ccccc2-c2ccccc21)c1cccc(I)c1. The van der Waals surface area contributed by atoms with Gasteiger partial charge in [-0.2, -0.15) is 0 Å². The molecular weight excluding hydrogens is 493 g/mol. The van der Waals surface area contributed by atoms with Crippen LogP contribution in [0.3, 0.4) is 0 Å². The predicted molar refractivity (Wildman–Crippen MR) is 122 cm³/mol. The summed E-state index contributed by atoms with van der Waals surface area (Å²) >= 11 is 2.16. The number of benzene rings is 3. The highest BCUT2D eigenvalue weighted by molar-refractivity contribution is 14.1. The zero-order chi connectivity index (χ0) is 21.1. The van der Waals surface area contributed by atoms with Crippen molar-refractivity contribution in [2.75, 3.05) is 6.61 Å². The molecule has 0 aliphatic heterocycles. The van der Waals surface area contributed by atoms with Crippen molar-refractivity contribution in [3.05, 3.63) is 93.1 Å². The Kier molecular flexibility index (Phi) is 6.03. The molecule has 0 saturated carbocycles. The van der Waals surface area contributed by atoms with Crippen LogP contribution in [0.15, 0.2) is 72.8 Å². The molecule has 3 aromatic rings. The fraction of sp³-hybridized carbons (Fsp3) is 0.167. The smallest absolute Gasteiger partial charge is 0.407 e. The first-order chi connectivity index (χ1) is 14.5. The number of alkyl carbamates (subject to hydrolysis) is 1. The average molecular weight is 513 g/mol. The van der Waals surface area contributed by atoms with Gasteiger partial charge < -0.3 is 15.2 Å². The standard InChI is InChI=1S/C24H20INO4/c25-16-7-5-6-15(12-16)22(13-23(27)28)26-24(29)30-14-21-19-10-3-1-8-17(19)18-9-2-4-11-20(18)21/h1-12,21-22H,13-14H2,(H,26,29)(H,27,28)/t22-/m0/s1. The number of carboxylic acids is 1. The van der Waals surface area contributed by atoms with Gasteiger partial charge >= 0.3 is 12.1 Å². The van der Waals surface area contributed by atoms with Crippen molar-refractivity contribution < 1.29 is 19.4 Å². The number of hydrogen-bond acceptors (Lipinski definition) is 3. The topological polar surface area (TPSA) is 75.6 Å². The lowest BCUT2D eigenvalue weighted by atomic mass is 9.98. The van der Waals surface area contributed by atoms with Gasteiger partial charge in [-0.1, -0.05) is 60.7 Å². The molecule has 5 nitrogen and oxygen atoms in total. The number of carboxylic acid groups (broad SMARTS) is 1. The minimum atomic E-state index is -0.988. The van der Waals surface area contributed by atoms with Crippen molar-refractivity contribution >= 4 is 34.7 Å². The molecule has 1 atom stereocenters. The lowest BCUT2D eigenvalue weighted by molar-refractivity contribution is -0.137. The van der Waals surface area contributed by atoms with E-state index in [1.165, 1.54) is 0 Å². The van der Waals surface area contributed by atoms with Crippen LogP contribution in [0.25, 0.3) is 11.1 Å². The van der Waals surface area contributed by atoms with E-state index in [-0.39, 0.29) is 18.9 Å². The Hall–Kier alpha value is -2.87. The molecule has 1 aliphatic rings. The lowest BCUT2D eigenvalue weighted by Gasteiger charge is -2.19. The normalized spacial score (nSPS) is 13.2. The molecule has 0 spiro atoms. The number of halogens is 1. The third kappa shape index (κ3) is 4.33. The van der Waals surface area contributed by atoms with Crippen LogP contribution < -0.4 is 5.32 Å². The van der Waals surface area contributed by atoms with E-state index >= 15 is 0 Å². The molecule has 0 aromatic heterocycles. The van der Waals surface area contributed by atoms with Crippen molar-refractivity contribution in [1.29, 1.82) is 0 Å². The molecule has 30 heavy (non-hydrogen) atoms. The number of amides is 1. The molecular formula is C24H20INO4. The summed E-state index contributed by atoms with van der Waals surface area (Å²) in [5.74, 6) is -1.03. The number of fused-ring (bicyclic) bond motifs is 3. The Morgan fingerprint density at radius 1 is 0.967 bits per heavy atom. The van der Waals surface area contributed by atoms with E-state index in [0.717, 1.165) is 31.4 Å². The summed E-state index contributed by atoms with van der Waals surface area (Å²) in [6.45, 7) is 0.186. The van der Waals surface area contributed by atoms with E-state index < -0.39 is 18.1 Å². The summed E-state index contributed by atoms with van der Waals surface area (Å²) in [4.78, 5) is 23.8. The van der Waals surface area contributed by atoms with Gasteiger partial charge in [0.2, 0.25) is 0 Å². The highest BCUT2D eigenvalue weighted by atomic mass is 127. The van der Waals surface area contributed by atoms with Crippen LogP contribution in [0.2, 0.25) is 0 Å². The van der Waals surface area contributed by atoms with Crippen molar-refractivity contribution in [3.8, 4) is 11.1 Å². The highest BCUT2D eigenvalue weighted by Crippen LogP contribution is 2.44. The number of carbonyl (C=O) groups is 2. The predicted octanol–water partition coefficient (Wildman–Crippen LogP) is 5.35. The first-order valence-electron chi connectivity index (χ1n) is 9.61. The molecule has 4 rings (SSSR count). The maximum Gasteiger partial charge on any atom is 0.407 e. The van der Waals surface area contributed by atoms with Gasteiger partial charge in [-0.15, -0.1) is 0 Å². The second-order valence-electron chi connectivity index (χ2n) is 7.18. The fourth-order valence-electron chi connectivity index (χ4n) is 3.93. The first-order valence-corrected chi connectivity index (χ1v) is 10.7. The zero-order valence-electron chi connectivity index (χ0n) is 16.0. The summed E-state index contributed by atoms with van der Waals surface area (Å²) in [6.07, 6.45) is -0.841. The van der Waals surface area contributed by atoms with Gasteiger partial charge in [0.05, 0.1) is 12.5 Å². The van der Waals surface area contributed by atoms with Gasteiger partial charge in [0.1, 0.15) is 6.61 Å². The largest absolute Gasteiger partial charge is 0.481 e. The Labute approximate surface area is 188 Å². The van der Waals surface area contributed by atoms with E-state index in [0.29, 0.717) is 0 Å². The Morgan fingerprint density at radius 3 is 2.20 bits per heavy atom. The summed E-state index contributed by atoms with van der Waals surface area (Å²) in [6, 6.07) is 23.0. The summed E-state index contributed by atoms with van der Waals surface area (Å²) in [7, 11) is 0. The lowest BCUT2D eigenvalue weighted by Crippen LogP contribution is -2.31. The van der Waals surface area contributed by atoms with Crippen molar-refractivity contribution in [2.45, 2.75) is 18.4 Å². The Bertz CT molecular complexity index is 1050. The monoisotopic (exact) mass is 513 g/mol. The summed E-state index contributed by atoms with van der Waals surface area (Å²) < 4.78 is 6.53. The maximum atomic E-state index is 12.5. The van der Waals surface area contributed by atoms with Crippen LogP contribution >= 0.6 is 22.6 Å². The molecule has 0 unspecified atom stereocenters. The van der Waals surface area contributed by atoms with Crippen LogP contribution in [0, 0.1) is 3.57 Å². The second kappa shape index (κ2) is 8.87. The number of rotatable bonds is 6. The third-order valence-corrected chi connectivity index (χ3v) is 5.94. The fourth-order valence-corrected chi connectivity index (χ4v) is 4.50. The minimum Gasteiger partial charge on any atom is -0.481 e. The van der Waals surface area contributed by atoms with E-state index in [1.807, 2.05) is 42.5 Å². The molecule has 2 N–H and O–H groups in total. The van der Waals surface area contributed by atoms with Crippen LogP contribution in [-0.4, -0.2) is 23.8 Å². The summed E-state index contributed by atoms with van der Waals surface area (Å²) in [5, 5.41) is 12.0. The van der Waals surface area contributed by atoms with Gasteiger partial charge in [-0.25, -0.2) is 4.79 Å². The molecule has 1 amide bonds. The van der Waals surface area contributed by atoms with E-state index in [9.17, 15) is 14.7 Å². The molecule has 0 radical (unpaired) electrons. The molecule has 3 aromatic carbocycles. The van der Waals surface area contributed by atoms with Crippen LogP contribution in [0.1, 0.15) is 35.1 Å². The van der Waals surface area contributed by atoms with Crippen LogP contribution in [0.4, 0.5) is 4.79 Å². The number of ether oxygens (including phenoxy) is 1. The molecule has 152 valence electrons. The molecule has 6 heteroatoms. The molecule has 0 saturated heterocycles. The van der Waals surface area contributed by atoms with Gasteiger partial charge in [-0.05, 0) is 62.5 Å². The molecule has 0 heterocycles. The van der Waals surface area contributed by atoms with Crippen molar-refractivity contribution in [2.24, 2.45) is 0 Å². The highest BCUT2D eigenvalue weighted by Gasteiger charge is 2.29. The molecule has 1 aliphatic carbocycles. The Balaban J connectivity index is 1.48. The maximum absolute atomic E-state index is 12.5. The van der Waals surface area contributed by atoms with Crippen LogP contribution in [0.5, 0.6) is 0 Å². The number of hydrogen-bond donors (Lipinski definition) is 2. The zero-order valence-corrected chi connectivity index (χ0v) is 18.2. The van der Waals surface area contributed by atoms with E-state index in [2.05, 4.69) is 52.2 Å². The third-order valence-electron chi connectivity index (χ3n) is 5.27. The quantitative estimate of drug-likeness (QED) is 0.436. The van der Waals surface area contributed by atoms with Crippen molar-refractivity contribution in [1.82, 2.24) is 5.32 Å². The van der Waals surface area contributed by atoms with E-state index in [4.69, 9.17) is 4.74 Å². The molecule has 0 fully saturated rings. The van der Waals surface area contributed by atoms with Gasteiger partial charge in [0.25, 0.3) is 0 Å². The first kappa shape index (κ1) is 20.4. The Morgan fingerprint density at radius 2 is 1.60 bits per heavy atom. The van der Waals surface area contributed by atoms with Crippen molar-refractivity contribution in [3.63, 3.8) is 0 Å². The minimum absolute atomic E-state index is 0.0428. The van der Waals surface area contributed by atoms with Gasteiger partial charge in [-0.3, -0.25) is 4.79 Å². The van der Waals surface area contributed by atoms with Crippen LogP contribution in [-0.2, 0) is 9.53 Å². The number of aliphatic carboxylic acids is 1. The van der Waals surface area contributed by atoms with Gasteiger partial charge in [0, 0.05) is 9.49 Å². The van der Waals surface area contributed by atoms with E-state index in [1.54, 1.807) is 6.07 Å². The summed E-state index contributed by atoms with van der Waals surface area (Å²) in [5.41, 5.74) is 5.31. The number of carbonyl (C=O) groups excluding carboxylic acids is 1. The second-order valence-corrected chi connectivity index (χ2v) is 8.42. The number of nitrogens with one attached hydrogen (secondary N) is 1. The average Bonchev–Trinajstić information content (AvgIpc) is 3.05.